The van der Waals surface area contributed by atoms with Crippen LogP contribution in [0.15, 0.2) is 81.4 Å². The Hall–Kier alpha value is -3.17. The van der Waals surface area contributed by atoms with Crippen LogP contribution in [0.3, 0.4) is 0 Å². The summed E-state index contributed by atoms with van der Waals surface area (Å²) in [7, 11) is 0. The quantitative estimate of drug-likeness (QED) is 0.379. The second-order valence-corrected chi connectivity index (χ2v) is 7.89. The van der Waals surface area contributed by atoms with Crippen molar-refractivity contribution in [3.8, 4) is 0 Å². The minimum Gasteiger partial charge on any atom is -0.454 e. The van der Waals surface area contributed by atoms with E-state index in [0.717, 1.165) is 44.8 Å². The highest BCUT2D eigenvalue weighted by Gasteiger charge is 2.24. The maximum Gasteiger partial charge on any atom is 0.159 e. The van der Waals surface area contributed by atoms with Crippen LogP contribution in [0.1, 0.15) is 33.6 Å². The van der Waals surface area contributed by atoms with Gasteiger partial charge in [0.1, 0.15) is 11.3 Å². The molecular weight excluding hydrogens is 380 g/mol. The molecule has 0 bridgehead atoms. The van der Waals surface area contributed by atoms with Gasteiger partial charge < -0.3 is 4.42 Å². The third-order valence-corrected chi connectivity index (χ3v) is 5.53. The monoisotopic (exact) mass is 398 g/mol. The largest absolute Gasteiger partial charge is 0.454 e. The Morgan fingerprint density at radius 2 is 1.48 bits per heavy atom. The average molecular weight is 399 g/mol. The predicted octanol–water partition coefficient (Wildman–Crippen LogP) is 6.50. The predicted molar refractivity (Wildman–Crippen MR) is 119 cm³/mol. The summed E-state index contributed by atoms with van der Waals surface area (Å²) in [5.41, 5.74) is 8.06. The molecule has 1 aromatic heterocycles. The standard InChI is InChI=1S/C25H19ClN2O/c1-15-3-6-18(7-4-15)24-25-21(20-13-16(2)5-12-23(20)29-25)14-22(27-28-24)17-8-10-19(26)11-9-17/h3-13H,14H2,1-2H3. The molecule has 0 unspecified atom stereocenters. The number of aryl methyl sites for hydroxylation is 2. The fraction of sp³-hybridized carbons (Fsp3) is 0.120. The van der Waals surface area contributed by atoms with Crippen molar-refractivity contribution in [2.24, 2.45) is 10.2 Å². The smallest absolute Gasteiger partial charge is 0.159 e. The van der Waals surface area contributed by atoms with Crippen molar-refractivity contribution in [2.75, 3.05) is 0 Å². The fourth-order valence-corrected chi connectivity index (χ4v) is 3.82. The fourth-order valence-electron chi connectivity index (χ4n) is 3.69. The van der Waals surface area contributed by atoms with Gasteiger partial charge in [0.25, 0.3) is 0 Å². The number of benzene rings is 3. The minimum atomic E-state index is 0.645. The molecule has 1 aliphatic heterocycles. The van der Waals surface area contributed by atoms with E-state index in [9.17, 15) is 0 Å². The van der Waals surface area contributed by atoms with Crippen LogP contribution in [0.25, 0.3) is 11.0 Å². The molecule has 3 aromatic carbocycles. The molecule has 4 aromatic rings. The number of nitrogens with zero attached hydrogens (tertiary/aromatic N) is 2. The van der Waals surface area contributed by atoms with Crippen molar-refractivity contribution in [1.29, 1.82) is 0 Å². The van der Waals surface area contributed by atoms with Crippen molar-refractivity contribution >= 4 is 34.0 Å². The summed E-state index contributed by atoms with van der Waals surface area (Å²) in [5.74, 6) is 0.794. The Labute approximate surface area is 174 Å². The second kappa shape index (κ2) is 7.02. The van der Waals surface area contributed by atoms with E-state index in [4.69, 9.17) is 16.0 Å². The van der Waals surface area contributed by atoms with Gasteiger partial charge in [-0.25, -0.2) is 0 Å². The number of furan rings is 1. The first-order chi connectivity index (χ1) is 14.1. The molecule has 0 saturated heterocycles. The molecule has 0 N–H and O–H groups in total. The van der Waals surface area contributed by atoms with Crippen LogP contribution in [0.2, 0.25) is 5.02 Å². The van der Waals surface area contributed by atoms with E-state index >= 15 is 0 Å². The molecule has 0 fully saturated rings. The molecule has 5 rings (SSSR count). The molecule has 0 amide bonds. The number of hydrogen-bond acceptors (Lipinski definition) is 3. The van der Waals surface area contributed by atoms with E-state index in [1.54, 1.807) is 0 Å². The average Bonchev–Trinajstić information content (AvgIpc) is 2.95. The van der Waals surface area contributed by atoms with Gasteiger partial charge in [-0.05, 0) is 43.7 Å². The van der Waals surface area contributed by atoms with Gasteiger partial charge >= 0.3 is 0 Å². The van der Waals surface area contributed by atoms with Gasteiger partial charge in [0.2, 0.25) is 0 Å². The zero-order valence-electron chi connectivity index (χ0n) is 16.2. The zero-order chi connectivity index (χ0) is 20.0. The highest BCUT2D eigenvalue weighted by molar-refractivity contribution is 6.30. The number of fused-ring (bicyclic) bond motifs is 3. The molecule has 2 heterocycles. The van der Waals surface area contributed by atoms with Crippen molar-refractivity contribution < 1.29 is 4.42 Å². The number of halogens is 1. The lowest BCUT2D eigenvalue weighted by atomic mass is 9.96. The normalized spacial score (nSPS) is 13.6. The first-order valence-corrected chi connectivity index (χ1v) is 9.96. The van der Waals surface area contributed by atoms with Crippen molar-refractivity contribution in [3.63, 3.8) is 0 Å². The SMILES string of the molecule is Cc1ccc(C2=NN=C(c3ccc(Cl)cc3)Cc3c2oc2ccc(C)cc32)cc1. The summed E-state index contributed by atoms with van der Waals surface area (Å²) in [4.78, 5) is 0. The van der Waals surface area contributed by atoms with Crippen LogP contribution in [0.4, 0.5) is 0 Å². The maximum atomic E-state index is 6.30. The van der Waals surface area contributed by atoms with E-state index in [2.05, 4.69) is 60.4 Å². The summed E-state index contributed by atoms with van der Waals surface area (Å²) in [6.07, 6.45) is 0.645. The first-order valence-electron chi connectivity index (χ1n) is 9.58. The molecule has 0 aliphatic carbocycles. The topological polar surface area (TPSA) is 37.9 Å². The van der Waals surface area contributed by atoms with E-state index in [-0.39, 0.29) is 0 Å². The summed E-state index contributed by atoms with van der Waals surface area (Å²) >= 11 is 6.08. The summed E-state index contributed by atoms with van der Waals surface area (Å²) in [6, 6.07) is 22.3. The molecule has 29 heavy (non-hydrogen) atoms. The van der Waals surface area contributed by atoms with Crippen LogP contribution >= 0.6 is 11.6 Å². The Morgan fingerprint density at radius 3 is 2.24 bits per heavy atom. The highest BCUT2D eigenvalue weighted by atomic mass is 35.5. The van der Waals surface area contributed by atoms with E-state index in [1.165, 1.54) is 11.1 Å². The molecule has 142 valence electrons. The van der Waals surface area contributed by atoms with Gasteiger partial charge in [-0.3, -0.25) is 0 Å². The Bertz CT molecular complexity index is 1280. The Balaban J connectivity index is 1.74. The Morgan fingerprint density at radius 1 is 0.793 bits per heavy atom. The van der Waals surface area contributed by atoms with Crippen LogP contribution < -0.4 is 0 Å². The third-order valence-electron chi connectivity index (χ3n) is 5.28. The molecule has 1 aliphatic rings. The van der Waals surface area contributed by atoms with Gasteiger partial charge in [0.05, 0.1) is 5.71 Å². The number of rotatable bonds is 2. The van der Waals surface area contributed by atoms with Crippen LogP contribution in [0.5, 0.6) is 0 Å². The lowest BCUT2D eigenvalue weighted by molar-refractivity contribution is 0.601. The van der Waals surface area contributed by atoms with E-state index in [1.807, 2.05) is 30.3 Å². The van der Waals surface area contributed by atoms with E-state index in [0.29, 0.717) is 11.4 Å². The zero-order valence-corrected chi connectivity index (χ0v) is 17.0. The highest BCUT2D eigenvalue weighted by Crippen LogP contribution is 2.32. The van der Waals surface area contributed by atoms with Crippen LogP contribution in [-0.2, 0) is 6.42 Å². The van der Waals surface area contributed by atoms with Gasteiger partial charge in [-0.2, -0.15) is 5.10 Å². The molecule has 0 saturated carbocycles. The van der Waals surface area contributed by atoms with Gasteiger partial charge in [-0.15, -0.1) is 5.10 Å². The first kappa shape index (κ1) is 17.9. The minimum absolute atomic E-state index is 0.645. The van der Waals surface area contributed by atoms with Crippen LogP contribution in [-0.4, -0.2) is 11.4 Å². The van der Waals surface area contributed by atoms with E-state index < -0.39 is 0 Å². The van der Waals surface area contributed by atoms with Crippen molar-refractivity contribution in [2.45, 2.75) is 20.3 Å². The van der Waals surface area contributed by atoms with Crippen LogP contribution in [0, 0.1) is 13.8 Å². The lowest BCUT2D eigenvalue weighted by Crippen LogP contribution is -2.06. The summed E-state index contributed by atoms with van der Waals surface area (Å²) in [6.45, 7) is 4.17. The molecule has 3 nitrogen and oxygen atoms in total. The van der Waals surface area contributed by atoms with Gasteiger partial charge in [0.15, 0.2) is 5.76 Å². The third kappa shape index (κ3) is 3.28. The lowest BCUT2D eigenvalue weighted by Gasteiger charge is -2.05. The molecular formula is C25H19ClN2O. The molecule has 4 heteroatoms. The van der Waals surface area contributed by atoms with Gasteiger partial charge in [0, 0.05) is 28.0 Å². The van der Waals surface area contributed by atoms with Crippen molar-refractivity contribution in [3.05, 3.63) is 105 Å². The molecule has 0 radical (unpaired) electrons. The summed E-state index contributed by atoms with van der Waals surface area (Å²) < 4.78 is 6.30. The second-order valence-electron chi connectivity index (χ2n) is 7.45. The number of hydrogen-bond donors (Lipinski definition) is 0. The molecule has 0 spiro atoms. The maximum absolute atomic E-state index is 6.30. The summed E-state index contributed by atoms with van der Waals surface area (Å²) in [5, 5.41) is 11.1. The molecule has 0 atom stereocenters. The van der Waals surface area contributed by atoms with Gasteiger partial charge in [-0.1, -0.05) is 65.2 Å². The van der Waals surface area contributed by atoms with Crippen molar-refractivity contribution in [1.82, 2.24) is 0 Å². The Kier molecular flexibility index (Phi) is 4.33.